The third-order valence-corrected chi connectivity index (χ3v) is 2.64. The predicted octanol–water partition coefficient (Wildman–Crippen LogP) is 2.99. The van der Waals surface area contributed by atoms with Crippen molar-refractivity contribution in [2.24, 2.45) is 0 Å². The second kappa shape index (κ2) is 5.46. The first kappa shape index (κ1) is 13.2. The van der Waals surface area contributed by atoms with Crippen molar-refractivity contribution in [1.29, 1.82) is 0 Å². The molecule has 1 aromatic rings. The van der Waals surface area contributed by atoms with Crippen LogP contribution in [-0.4, -0.2) is 17.7 Å². The minimum Gasteiger partial charge on any atom is -0.458 e. The van der Waals surface area contributed by atoms with Gasteiger partial charge in [0.05, 0.1) is 6.61 Å². The van der Waals surface area contributed by atoms with E-state index in [1.54, 1.807) is 18.3 Å². The van der Waals surface area contributed by atoms with Crippen LogP contribution >= 0.6 is 11.3 Å². The molecule has 0 aromatic carbocycles. The summed E-state index contributed by atoms with van der Waals surface area (Å²) in [5.74, 6) is -0.316. The summed E-state index contributed by atoms with van der Waals surface area (Å²) in [6.45, 7) is 7.70. The molecule has 0 spiro atoms. The highest BCUT2D eigenvalue weighted by Gasteiger charge is 2.22. The molecule has 1 aromatic heterocycles. The van der Waals surface area contributed by atoms with Gasteiger partial charge in [0.15, 0.2) is 6.10 Å². The van der Waals surface area contributed by atoms with E-state index in [9.17, 15) is 4.79 Å². The molecule has 1 unspecified atom stereocenters. The smallest absolute Gasteiger partial charge is 0.335 e. The van der Waals surface area contributed by atoms with Crippen molar-refractivity contribution in [2.45, 2.75) is 46.0 Å². The summed E-state index contributed by atoms with van der Waals surface area (Å²) >= 11 is 1.61. The average molecular weight is 242 g/mol. The number of rotatable bonds is 4. The number of hydrogen-bond donors (Lipinski definition) is 0. The first-order chi connectivity index (χ1) is 7.38. The number of carbonyl (C=O) groups is 1. The standard InChI is InChI=1S/C12H18O3S/c1-9(11(13)15-12(2,3)4)14-8-10-6-5-7-16-10/h5-7,9H,8H2,1-4H3. The first-order valence-corrected chi connectivity index (χ1v) is 6.13. The minimum atomic E-state index is -0.527. The Kier molecular flexibility index (Phi) is 4.50. The van der Waals surface area contributed by atoms with Gasteiger partial charge in [-0.1, -0.05) is 6.07 Å². The summed E-state index contributed by atoms with van der Waals surface area (Å²) < 4.78 is 10.6. The Morgan fingerprint density at radius 2 is 2.19 bits per heavy atom. The molecule has 0 aliphatic carbocycles. The maximum absolute atomic E-state index is 11.6. The lowest BCUT2D eigenvalue weighted by Gasteiger charge is -2.22. The lowest BCUT2D eigenvalue weighted by atomic mass is 10.2. The molecule has 0 amide bonds. The fraction of sp³-hybridized carbons (Fsp3) is 0.583. The van der Waals surface area contributed by atoms with Crippen LogP contribution in [0.4, 0.5) is 0 Å². The van der Waals surface area contributed by atoms with Gasteiger partial charge in [-0.15, -0.1) is 11.3 Å². The quantitative estimate of drug-likeness (QED) is 0.761. The molecular weight excluding hydrogens is 224 g/mol. The monoisotopic (exact) mass is 242 g/mol. The molecule has 0 radical (unpaired) electrons. The normalized spacial score (nSPS) is 13.5. The van der Waals surface area contributed by atoms with Gasteiger partial charge in [0.1, 0.15) is 5.60 Å². The lowest BCUT2D eigenvalue weighted by Crippen LogP contribution is -2.31. The van der Waals surface area contributed by atoms with Gasteiger partial charge in [0.25, 0.3) is 0 Å². The van der Waals surface area contributed by atoms with Crippen LogP contribution < -0.4 is 0 Å². The Bertz CT molecular complexity index is 325. The third kappa shape index (κ3) is 4.77. The maximum atomic E-state index is 11.6. The molecular formula is C12H18O3S. The molecule has 3 nitrogen and oxygen atoms in total. The third-order valence-electron chi connectivity index (χ3n) is 1.79. The molecule has 1 rings (SSSR count). The Morgan fingerprint density at radius 3 is 2.69 bits per heavy atom. The second-order valence-electron chi connectivity index (χ2n) is 4.57. The number of esters is 1. The van der Waals surface area contributed by atoms with E-state index in [0.717, 1.165) is 4.88 Å². The van der Waals surface area contributed by atoms with Crippen LogP contribution in [0.25, 0.3) is 0 Å². The van der Waals surface area contributed by atoms with Crippen molar-refractivity contribution >= 4 is 17.3 Å². The van der Waals surface area contributed by atoms with Gasteiger partial charge in [-0.05, 0) is 39.1 Å². The SMILES string of the molecule is CC(OCc1cccs1)C(=O)OC(C)(C)C. The van der Waals surface area contributed by atoms with E-state index in [1.165, 1.54) is 0 Å². The Labute approximate surface area is 100 Å². The van der Waals surface area contributed by atoms with Crippen LogP contribution in [0, 0.1) is 0 Å². The molecule has 1 heterocycles. The highest BCUT2D eigenvalue weighted by Crippen LogP contribution is 2.13. The van der Waals surface area contributed by atoms with Gasteiger partial charge in [0, 0.05) is 4.88 Å². The molecule has 0 N–H and O–H groups in total. The fourth-order valence-electron chi connectivity index (χ4n) is 1.05. The fourth-order valence-corrected chi connectivity index (χ4v) is 1.68. The van der Waals surface area contributed by atoms with Crippen molar-refractivity contribution in [1.82, 2.24) is 0 Å². The van der Waals surface area contributed by atoms with Gasteiger partial charge in [-0.3, -0.25) is 0 Å². The molecule has 0 aliphatic rings. The van der Waals surface area contributed by atoms with Crippen LogP contribution in [-0.2, 0) is 20.9 Å². The summed E-state index contributed by atoms with van der Waals surface area (Å²) in [6, 6.07) is 3.94. The highest BCUT2D eigenvalue weighted by molar-refractivity contribution is 7.09. The predicted molar refractivity (Wildman–Crippen MR) is 64.4 cm³/mol. The zero-order chi connectivity index (χ0) is 12.2. The molecule has 4 heteroatoms. The molecule has 0 fully saturated rings. The average Bonchev–Trinajstić information content (AvgIpc) is 2.63. The number of hydrogen-bond acceptors (Lipinski definition) is 4. The molecule has 0 aliphatic heterocycles. The maximum Gasteiger partial charge on any atom is 0.335 e. The van der Waals surface area contributed by atoms with Gasteiger partial charge in [-0.2, -0.15) is 0 Å². The minimum absolute atomic E-state index is 0.316. The van der Waals surface area contributed by atoms with Crippen LogP contribution in [0.15, 0.2) is 17.5 Å². The van der Waals surface area contributed by atoms with Gasteiger partial charge in [0.2, 0.25) is 0 Å². The lowest BCUT2D eigenvalue weighted by molar-refractivity contribution is -0.168. The summed E-state index contributed by atoms with van der Waals surface area (Å²) in [5.41, 5.74) is -0.461. The molecule has 90 valence electrons. The molecule has 16 heavy (non-hydrogen) atoms. The first-order valence-electron chi connectivity index (χ1n) is 5.25. The van der Waals surface area contributed by atoms with Crippen LogP contribution in [0.3, 0.4) is 0 Å². The van der Waals surface area contributed by atoms with Crippen molar-refractivity contribution < 1.29 is 14.3 Å². The Hall–Kier alpha value is -0.870. The number of thiophene rings is 1. The summed E-state index contributed by atoms with van der Waals surface area (Å²) in [6.07, 6.45) is -0.527. The van der Waals surface area contributed by atoms with E-state index < -0.39 is 11.7 Å². The van der Waals surface area contributed by atoms with Crippen LogP contribution in [0.1, 0.15) is 32.6 Å². The van der Waals surface area contributed by atoms with E-state index >= 15 is 0 Å². The van der Waals surface area contributed by atoms with Gasteiger partial charge >= 0.3 is 5.97 Å². The zero-order valence-electron chi connectivity index (χ0n) is 10.1. The van der Waals surface area contributed by atoms with Crippen molar-refractivity contribution in [3.8, 4) is 0 Å². The van der Waals surface area contributed by atoms with Crippen LogP contribution in [0.2, 0.25) is 0 Å². The number of carbonyl (C=O) groups excluding carboxylic acids is 1. The van der Waals surface area contributed by atoms with E-state index in [1.807, 2.05) is 38.3 Å². The second-order valence-corrected chi connectivity index (χ2v) is 5.60. The van der Waals surface area contributed by atoms with Crippen molar-refractivity contribution in [3.05, 3.63) is 22.4 Å². The number of ether oxygens (including phenoxy) is 2. The van der Waals surface area contributed by atoms with E-state index in [2.05, 4.69) is 0 Å². The Morgan fingerprint density at radius 1 is 1.50 bits per heavy atom. The van der Waals surface area contributed by atoms with Crippen molar-refractivity contribution in [2.75, 3.05) is 0 Å². The zero-order valence-corrected chi connectivity index (χ0v) is 11.0. The largest absolute Gasteiger partial charge is 0.458 e. The molecule has 0 saturated carbocycles. The van der Waals surface area contributed by atoms with Gasteiger partial charge in [-0.25, -0.2) is 4.79 Å². The highest BCUT2D eigenvalue weighted by atomic mass is 32.1. The topological polar surface area (TPSA) is 35.5 Å². The Balaban J connectivity index is 2.35. The van der Waals surface area contributed by atoms with Crippen molar-refractivity contribution in [3.63, 3.8) is 0 Å². The molecule has 1 atom stereocenters. The molecule has 0 bridgehead atoms. The molecule has 0 saturated heterocycles. The van der Waals surface area contributed by atoms with E-state index in [4.69, 9.17) is 9.47 Å². The summed E-state index contributed by atoms with van der Waals surface area (Å²) in [5, 5.41) is 1.98. The van der Waals surface area contributed by atoms with Gasteiger partial charge < -0.3 is 9.47 Å². The van der Waals surface area contributed by atoms with E-state index in [0.29, 0.717) is 6.61 Å². The summed E-state index contributed by atoms with van der Waals surface area (Å²) in [7, 11) is 0. The van der Waals surface area contributed by atoms with E-state index in [-0.39, 0.29) is 5.97 Å². The summed E-state index contributed by atoms with van der Waals surface area (Å²) in [4.78, 5) is 12.7. The van der Waals surface area contributed by atoms with Crippen LogP contribution in [0.5, 0.6) is 0 Å².